The van der Waals surface area contributed by atoms with E-state index >= 15 is 0 Å². The molecule has 1 N–H and O–H groups in total. The van der Waals surface area contributed by atoms with Gasteiger partial charge in [-0.25, -0.2) is 0 Å². The molecule has 110 valence electrons. The number of benzene rings is 2. The summed E-state index contributed by atoms with van der Waals surface area (Å²) >= 11 is 6.35. The highest BCUT2D eigenvalue weighted by Crippen LogP contribution is 2.26. The summed E-state index contributed by atoms with van der Waals surface area (Å²) in [6, 6.07) is 13.1. The van der Waals surface area contributed by atoms with Crippen LogP contribution in [0.25, 0.3) is 0 Å². The zero-order chi connectivity index (χ0) is 15.4. The Kier molecular flexibility index (Phi) is 4.65. The first kappa shape index (κ1) is 15.1. The van der Waals surface area contributed by atoms with Gasteiger partial charge >= 0.3 is 0 Å². The predicted octanol–water partition coefficient (Wildman–Crippen LogP) is 3.72. The molecule has 2 aromatic carbocycles. The SMILES string of the molecule is CN(CC(Cl)c1ccc([N+](=O)[O-])cc1)c1ccc(O)cc1. The molecule has 0 aliphatic heterocycles. The summed E-state index contributed by atoms with van der Waals surface area (Å²) in [6.07, 6.45) is 0. The van der Waals surface area contributed by atoms with Crippen LogP contribution in [0, 0.1) is 10.1 Å². The Balaban J connectivity index is 2.04. The highest BCUT2D eigenvalue weighted by molar-refractivity contribution is 6.21. The van der Waals surface area contributed by atoms with Gasteiger partial charge in [0.25, 0.3) is 5.69 Å². The second-order valence-electron chi connectivity index (χ2n) is 4.71. The zero-order valence-corrected chi connectivity index (χ0v) is 12.2. The quantitative estimate of drug-likeness (QED) is 0.519. The van der Waals surface area contributed by atoms with E-state index in [-0.39, 0.29) is 16.8 Å². The molecule has 0 amide bonds. The first-order valence-corrected chi connectivity index (χ1v) is 6.79. The van der Waals surface area contributed by atoms with Crippen LogP contribution in [-0.2, 0) is 0 Å². The molecule has 1 atom stereocenters. The minimum atomic E-state index is -0.435. The lowest BCUT2D eigenvalue weighted by Crippen LogP contribution is -2.21. The molecule has 21 heavy (non-hydrogen) atoms. The fraction of sp³-hybridized carbons (Fsp3) is 0.200. The topological polar surface area (TPSA) is 66.6 Å². The van der Waals surface area contributed by atoms with Crippen LogP contribution in [0.15, 0.2) is 48.5 Å². The average molecular weight is 307 g/mol. The summed E-state index contributed by atoms with van der Waals surface area (Å²) in [7, 11) is 1.90. The second-order valence-corrected chi connectivity index (χ2v) is 5.24. The number of nitrogens with zero attached hydrogens (tertiary/aromatic N) is 2. The van der Waals surface area contributed by atoms with E-state index in [1.54, 1.807) is 36.4 Å². The van der Waals surface area contributed by atoms with Crippen molar-refractivity contribution in [3.63, 3.8) is 0 Å². The van der Waals surface area contributed by atoms with Crippen LogP contribution in [-0.4, -0.2) is 23.6 Å². The molecule has 0 fully saturated rings. The summed E-state index contributed by atoms with van der Waals surface area (Å²) in [5, 5.41) is 19.6. The molecule has 0 aliphatic rings. The number of phenols is 1. The van der Waals surface area contributed by atoms with E-state index in [2.05, 4.69) is 0 Å². The molecule has 6 heteroatoms. The van der Waals surface area contributed by atoms with Crippen LogP contribution >= 0.6 is 11.6 Å². The normalized spacial score (nSPS) is 11.9. The van der Waals surface area contributed by atoms with Crippen molar-refractivity contribution in [2.75, 3.05) is 18.5 Å². The molecule has 5 nitrogen and oxygen atoms in total. The number of likely N-dealkylation sites (N-methyl/N-ethyl adjacent to an activating group) is 1. The largest absolute Gasteiger partial charge is 0.508 e. The number of hydrogen-bond donors (Lipinski definition) is 1. The third-order valence-electron chi connectivity index (χ3n) is 3.19. The van der Waals surface area contributed by atoms with Crippen molar-refractivity contribution in [3.8, 4) is 5.75 Å². The molecule has 0 bridgehead atoms. The van der Waals surface area contributed by atoms with Crippen molar-refractivity contribution in [2.24, 2.45) is 0 Å². The Labute approximate surface area is 127 Å². The number of phenolic OH excluding ortho intramolecular Hbond substituents is 1. The Bertz CT molecular complexity index is 614. The van der Waals surface area contributed by atoms with Crippen molar-refractivity contribution in [1.29, 1.82) is 0 Å². The number of rotatable bonds is 5. The molecule has 0 spiro atoms. The fourth-order valence-corrected chi connectivity index (χ4v) is 2.32. The van der Waals surface area contributed by atoms with E-state index < -0.39 is 4.92 Å². The number of non-ortho nitro benzene ring substituents is 1. The number of alkyl halides is 1. The van der Waals surface area contributed by atoms with Crippen molar-refractivity contribution in [2.45, 2.75) is 5.38 Å². The van der Waals surface area contributed by atoms with Crippen molar-refractivity contribution < 1.29 is 10.0 Å². The van der Waals surface area contributed by atoms with E-state index in [1.807, 2.05) is 11.9 Å². The molecule has 0 aliphatic carbocycles. The zero-order valence-electron chi connectivity index (χ0n) is 11.4. The average Bonchev–Trinajstić information content (AvgIpc) is 2.47. The first-order valence-electron chi connectivity index (χ1n) is 6.36. The Morgan fingerprint density at radius 1 is 1.19 bits per heavy atom. The maximum Gasteiger partial charge on any atom is 0.269 e. The number of halogens is 1. The number of hydrogen-bond acceptors (Lipinski definition) is 4. The molecule has 0 radical (unpaired) electrons. The lowest BCUT2D eigenvalue weighted by molar-refractivity contribution is -0.384. The summed E-state index contributed by atoms with van der Waals surface area (Å²) in [4.78, 5) is 12.1. The summed E-state index contributed by atoms with van der Waals surface area (Å²) in [6.45, 7) is 0.546. The van der Waals surface area contributed by atoms with E-state index in [9.17, 15) is 15.2 Å². The Morgan fingerprint density at radius 3 is 2.29 bits per heavy atom. The van der Waals surface area contributed by atoms with E-state index in [4.69, 9.17) is 11.6 Å². The number of anilines is 1. The Morgan fingerprint density at radius 2 is 1.76 bits per heavy atom. The monoisotopic (exact) mass is 306 g/mol. The van der Waals surface area contributed by atoms with E-state index in [1.165, 1.54) is 12.1 Å². The Hall–Kier alpha value is -2.27. The third kappa shape index (κ3) is 3.86. The van der Waals surface area contributed by atoms with Gasteiger partial charge in [0.1, 0.15) is 5.75 Å². The van der Waals surface area contributed by atoms with Gasteiger partial charge in [0.05, 0.1) is 10.3 Å². The van der Waals surface area contributed by atoms with Crippen LogP contribution in [0.2, 0.25) is 0 Å². The van der Waals surface area contributed by atoms with Gasteiger partial charge in [0.2, 0.25) is 0 Å². The summed E-state index contributed by atoms with van der Waals surface area (Å²) in [5.74, 6) is 0.213. The molecule has 0 saturated heterocycles. The van der Waals surface area contributed by atoms with E-state index in [0.717, 1.165) is 11.3 Å². The van der Waals surface area contributed by atoms with Crippen LogP contribution < -0.4 is 4.90 Å². The van der Waals surface area contributed by atoms with Gasteiger partial charge in [-0.3, -0.25) is 10.1 Å². The second kappa shape index (κ2) is 6.45. The standard InChI is InChI=1S/C15H15ClN2O3/c1-17(12-6-8-14(19)9-7-12)10-15(16)11-2-4-13(5-3-11)18(20)21/h2-9,15,19H,10H2,1H3. The van der Waals surface area contributed by atoms with Gasteiger partial charge in [-0.05, 0) is 29.8 Å². The predicted molar refractivity (Wildman–Crippen MR) is 83.1 cm³/mol. The molecule has 2 rings (SSSR count). The van der Waals surface area contributed by atoms with Gasteiger partial charge in [-0.15, -0.1) is 11.6 Å². The highest BCUT2D eigenvalue weighted by atomic mass is 35.5. The molecular weight excluding hydrogens is 292 g/mol. The maximum atomic E-state index is 10.6. The lowest BCUT2D eigenvalue weighted by atomic mass is 10.1. The van der Waals surface area contributed by atoms with Gasteiger partial charge in [-0.1, -0.05) is 12.1 Å². The molecular formula is C15H15ClN2O3. The minimum Gasteiger partial charge on any atom is -0.508 e. The van der Waals surface area contributed by atoms with Gasteiger partial charge in [0, 0.05) is 31.4 Å². The van der Waals surface area contributed by atoms with Crippen LogP contribution in [0.4, 0.5) is 11.4 Å². The highest BCUT2D eigenvalue weighted by Gasteiger charge is 2.13. The minimum absolute atomic E-state index is 0.0505. The summed E-state index contributed by atoms with van der Waals surface area (Å²) < 4.78 is 0. The van der Waals surface area contributed by atoms with Crippen LogP contribution in [0.1, 0.15) is 10.9 Å². The molecule has 0 heterocycles. The first-order chi connectivity index (χ1) is 9.97. The third-order valence-corrected chi connectivity index (χ3v) is 3.58. The maximum absolute atomic E-state index is 10.6. The van der Waals surface area contributed by atoms with Gasteiger partial charge < -0.3 is 10.0 Å². The summed E-state index contributed by atoms with van der Waals surface area (Å²) in [5.41, 5.74) is 1.81. The number of nitro groups is 1. The molecule has 0 aromatic heterocycles. The van der Waals surface area contributed by atoms with Crippen molar-refractivity contribution >= 4 is 23.0 Å². The van der Waals surface area contributed by atoms with Crippen LogP contribution in [0.5, 0.6) is 5.75 Å². The lowest BCUT2D eigenvalue weighted by Gasteiger charge is -2.22. The van der Waals surface area contributed by atoms with Crippen LogP contribution in [0.3, 0.4) is 0 Å². The molecule has 0 saturated carbocycles. The number of aromatic hydroxyl groups is 1. The van der Waals surface area contributed by atoms with Gasteiger partial charge in [-0.2, -0.15) is 0 Å². The molecule has 2 aromatic rings. The molecule has 1 unspecified atom stereocenters. The smallest absolute Gasteiger partial charge is 0.269 e. The fourth-order valence-electron chi connectivity index (χ4n) is 1.96. The van der Waals surface area contributed by atoms with Crippen molar-refractivity contribution in [1.82, 2.24) is 0 Å². The van der Waals surface area contributed by atoms with E-state index in [0.29, 0.717) is 6.54 Å². The van der Waals surface area contributed by atoms with Gasteiger partial charge in [0.15, 0.2) is 0 Å². The number of nitro benzene ring substituents is 1. The van der Waals surface area contributed by atoms with Crippen molar-refractivity contribution in [3.05, 3.63) is 64.2 Å².